The van der Waals surface area contributed by atoms with Crippen LogP contribution in [0.15, 0.2) is 48.5 Å². The zero-order valence-electron chi connectivity index (χ0n) is 21.2. The van der Waals surface area contributed by atoms with Gasteiger partial charge in [0.25, 0.3) is 5.91 Å². The summed E-state index contributed by atoms with van der Waals surface area (Å²) in [5.41, 5.74) is 0.885. The summed E-state index contributed by atoms with van der Waals surface area (Å²) in [6, 6.07) is 14.3. The van der Waals surface area contributed by atoms with Crippen LogP contribution in [-0.4, -0.2) is 58.2 Å². The maximum Gasteiger partial charge on any atom is 0.308 e. The topological polar surface area (TPSA) is 76.1 Å². The van der Waals surface area contributed by atoms with Crippen LogP contribution in [0.3, 0.4) is 0 Å². The fourth-order valence-electron chi connectivity index (χ4n) is 4.79. The van der Waals surface area contributed by atoms with Gasteiger partial charge in [-0.1, -0.05) is 47.5 Å². The van der Waals surface area contributed by atoms with E-state index >= 15 is 0 Å². The molecule has 2 aromatic rings. The molecule has 0 unspecified atom stereocenters. The second-order valence-electron chi connectivity index (χ2n) is 10.4. The minimum Gasteiger partial charge on any atom is -0.469 e. The van der Waals surface area contributed by atoms with Gasteiger partial charge in [0.05, 0.1) is 25.2 Å². The first-order chi connectivity index (χ1) is 17.6. The van der Waals surface area contributed by atoms with Crippen molar-refractivity contribution in [3.63, 3.8) is 0 Å². The van der Waals surface area contributed by atoms with Crippen LogP contribution >= 0.6 is 35.0 Å². The smallest absolute Gasteiger partial charge is 0.308 e. The van der Waals surface area contributed by atoms with E-state index in [4.69, 9.17) is 32.7 Å². The number of aliphatic hydroxyl groups is 1. The molecule has 1 aliphatic carbocycles. The maximum atomic E-state index is 14.1. The van der Waals surface area contributed by atoms with Crippen LogP contribution in [0.4, 0.5) is 0 Å². The molecule has 1 N–H and O–H groups in total. The fourth-order valence-corrected chi connectivity index (χ4v) is 6.41. The fraction of sp³-hybridized carbons (Fsp3) is 0.500. The Morgan fingerprint density at radius 2 is 1.86 bits per heavy atom. The van der Waals surface area contributed by atoms with Crippen molar-refractivity contribution in [2.45, 2.75) is 63.0 Å². The van der Waals surface area contributed by atoms with E-state index in [1.165, 1.54) is 7.11 Å². The van der Waals surface area contributed by atoms with E-state index in [0.717, 1.165) is 24.0 Å². The van der Waals surface area contributed by atoms with Crippen molar-refractivity contribution in [1.82, 2.24) is 4.90 Å². The SMILES string of the molecule is COC(=O)C[C@@H]1O[C@H](c2cccc(Cl)c2)[C@@H](c2ccc(Cl)cc2)N([C@H](CSCC(C)(C)O)C2CC2)C1=O. The predicted molar refractivity (Wildman–Crippen MR) is 147 cm³/mol. The van der Waals surface area contributed by atoms with Crippen LogP contribution in [0.2, 0.25) is 10.0 Å². The number of esters is 1. The lowest BCUT2D eigenvalue weighted by atomic mass is 9.89. The van der Waals surface area contributed by atoms with Gasteiger partial charge in [-0.3, -0.25) is 9.59 Å². The quantitative estimate of drug-likeness (QED) is 0.364. The number of rotatable bonds is 10. The summed E-state index contributed by atoms with van der Waals surface area (Å²) in [5.74, 6) is 0.809. The van der Waals surface area contributed by atoms with Crippen molar-refractivity contribution in [3.05, 3.63) is 69.7 Å². The number of carbonyl (C=O) groups is 2. The van der Waals surface area contributed by atoms with Crippen molar-refractivity contribution >= 4 is 46.8 Å². The standard InChI is InChI=1S/C28H33Cl2NO5S/c1-28(2,34)16-37-15-22(17-7-8-17)31-25(18-9-11-20(29)12-10-18)26(19-5-4-6-21(30)13-19)36-23(27(31)33)14-24(32)35-3/h4-6,9-13,17,22-23,25-26,34H,7-8,14-16H2,1-3H3/t22-,23+,25-,26-/m1/s1. The second kappa shape index (κ2) is 12.0. The average Bonchev–Trinajstić information content (AvgIpc) is 3.68. The molecule has 0 spiro atoms. The highest BCUT2D eigenvalue weighted by molar-refractivity contribution is 7.99. The molecule has 1 saturated carbocycles. The van der Waals surface area contributed by atoms with Crippen LogP contribution in [0.5, 0.6) is 0 Å². The number of halogens is 2. The van der Waals surface area contributed by atoms with Gasteiger partial charge in [0.2, 0.25) is 0 Å². The van der Waals surface area contributed by atoms with Crippen molar-refractivity contribution < 1.29 is 24.2 Å². The van der Waals surface area contributed by atoms with Gasteiger partial charge in [-0.05, 0) is 68.0 Å². The minimum absolute atomic E-state index is 0.0914. The molecule has 37 heavy (non-hydrogen) atoms. The van der Waals surface area contributed by atoms with E-state index in [0.29, 0.717) is 27.5 Å². The number of hydrogen-bond acceptors (Lipinski definition) is 6. The highest BCUT2D eigenvalue weighted by atomic mass is 35.5. The molecular weight excluding hydrogens is 533 g/mol. The molecule has 0 radical (unpaired) electrons. The Morgan fingerprint density at radius 3 is 2.46 bits per heavy atom. The number of benzene rings is 2. The molecule has 1 heterocycles. The molecule has 1 saturated heterocycles. The van der Waals surface area contributed by atoms with Crippen LogP contribution in [0.25, 0.3) is 0 Å². The van der Waals surface area contributed by atoms with Crippen molar-refractivity contribution in [3.8, 4) is 0 Å². The second-order valence-corrected chi connectivity index (χ2v) is 12.3. The first-order valence-corrected chi connectivity index (χ1v) is 14.3. The molecule has 9 heteroatoms. The highest BCUT2D eigenvalue weighted by Crippen LogP contribution is 2.48. The molecular formula is C28H33Cl2NO5S. The summed E-state index contributed by atoms with van der Waals surface area (Å²) in [6.45, 7) is 3.56. The summed E-state index contributed by atoms with van der Waals surface area (Å²) in [4.78, 5) is 28.3. The minimum atomic E-state index is -0.986. The van der Waals surface area contributed by atoms with Crippen molar-refractivity contribution in [1.29, 1.82) is 0 Å². The first-order valence-electron chi connectivity index (χ1n) is 12.4. The largest absolute Gasteiger partial charge is 0.469 e. The summed E-state index contributed by atoms with van der Waals surface area (Å²) < 4.78 is 11.3. The number of nitrogens with zero attached hydrogens (tertiary/aromatic N) is 1. The van der Waals surface area contributed by atoms with Gasteiger partial charge in [-0.25, -0.2) is 0 Å². The molecule has 6 nitrogen and oxygen atoms in total. The Bertz CT molecular complexity index is 1100. The van der Waals surface area contributed by atoms with Crippen molar-refractivity contribution in [2.75, 3.05) is 18.6 Å². The van der Waals surface area contributed by atoms with Crippen molar-refractivity contribution in [2.24, 2.45) is 5.92 Å². The number of morpholine rings is 1. The molecule has 0 bridgehead atoms. The Balaban J connectivity index is 1.79. The Morgan fingerprint density at radius 1 is 1.16 bits per heavy atom. The van der Waals surface area contributed by atoms with Gasteiger partial charge < -0.3 is 19.5 Å². The lowest BCUT2D eigenvalue weighted by molar-refractivity contribution is -0.183. The van der Waals surface area contributed by atoms with E-state index in [1.54, 1.807) is 31.7 Å². The van der Waals surface area contributed by atoms with Gasteiger partial charge >= 0.3 is 5.97 Å². The van der Waals surface area contributed by atoms with Gasteiger partial charge in [0, 0.05) is 27.6 Å². The van der Waals surface area contributed by atoms with E-state index < -0.39 is 29.8 Å². The molecule has 1 aliphatic heterocycles. The molecule has 0 aromatic heterocycles. The number of methoxy groups -OCH3 is 1. The summed E-state index contributed by atoms with van der Waals surface area (Å²) in [5, 5.41) is 11.4. The van der Waals surface area contributed by atoms with Gasteiger partial charge in [0.15, 0.2) is 0 Å². The van der Waals surface area contributed by atoms with E-state index in [9.17, 15) is 14.7 Å². The maximum absolute atomic E-state index is 14.1. The van der Waals surface area contributed by atoms with Gasteiger partial charge in [-0.2, -0.15) is 11.8 Å². The van der Waals surface area contributed by atoms with E-state index in [2.05, 4.69) is 0 Å². The molecule has 4 atom stereocenters. The molecule has 2 aromatic carbocycles. The Kier molecular flexibility index (Phi) is 9.13. The number of ether oxygens (including phenoxy) is 2. The zero-order valence-corrected chi connectivity index (χ0v) is 23.6. The molecule has 4 rings (SSSR count). The molecule has 2 fully saturated rings. The normalized spacial score (nSPS) is 23.1. The third-order valence-electron chi connectivity index (χ3n) is 6.66. The van der Waals surface area contributed by atoms with Crippen LogP contribution in [0, 0.1) is 5.92 Å². The summed E-state index contributed by atoms with van der Waals surface area (Å²) in [6.07, 6.45) is 0.322. The molecule has 200 valence electrons. The van der Waals surface area contributed by atoms with E-state index in [-0.39, 0.29) is 18.4 Å². The zero-order chi connectivity index (χ0) is 26.7. The monoisotopic (exact) mass is 565 g/mol. The highest BCUT2D eigenvalue weighted by Gasteiger charge is 2.50. The van der Waals surface area contributed by atoms with E-state index in [1.807, 2.05) is 47.4 Å². The third-order valence-corrected chi connectivity index (χ3v) is 8.64. The average molecular weight is 567 g/mol. The van der Waals surface area contributed by atoms with Crippen LogP contribution in [-0.2, 0) is 19.1 Å². The van der Waals surface area contributed by atoms with Crippen LogP contribution in [0.1, 0.15) is 56.4 Å². The van der Waals surface area contributed by atoms with Gasteiger partial charge in [-0.15, -0.1) is 0 Å². The molecule has 1 amide bonds. The number of amides is 1. The Labute approximate surface area is 232 Å². The number of carbonyl (C=O) groups excluding carboxylic acids is 2. The lowest BCUT2D eigenvalue weighted by Gasteiger charge is -2.48. The summed E-state index contributed by atoms with van der Waals surface area (Å²) in [7, 11) is 1.30. The number of hydrogen-bond donors (Lipinski definition) is 1. The number of thioether (sulfide) groups is 1. The Hall–Kier alpha value is -1.77. The lowest BCUT2D eigenvalue weighted by Crippen LogP contribution is -2.56. The molecule has 2 aliphatic rings. The first kappa shape index (κ1) is 28.2. The predicted octanol–water partition coefficient (Wildman–Crippen LogP) is 5.85. The van der Waals surface area contributed by atoms with Crippen LogP contribution < -0.4 is 0 Å². The summed E-state index contributed by atoms with van der Waals surface area (Å²) >= 11 is 14.2. The third kappa shape index (κ3) is 7.21. The van der Waals surface area contributed by atoms with Gasteiger partial charge in [0.1, 0.15) is 12.2 Å².